The molecule has 1 amide bonds. The second-order valence-corrected chi connectivity index (χ2v) is 4.66. The van der Waals surface area contributed by atoms with Gasteiger partial charge >= 0.3 is 0 Å². The molecule has 0 bridgehead atoms. The maximum atomic E-state index is 12.0. The highest BCUT2D eigenvalue weighted by molar-refractivity contribution is 6.32. The third-order valence-electron chi connectivity index (χ3n) is 2.76. The number of phenolic OH excluding ortho intramolecular Hbond substituents is 1. The molecule has 108 valence electrons. The summed E-state index contributed by atoms with van der Waals surface area (Å²) in [5.74, 6) is -0.846. The summed E-state index contributed by atoms with van der Waals surface area (Å²) >= 11 is 6.04. The van der Waals surface area contributed by atoms with Crippen LogP contribution in [0, 0.1) is 10.1 Å². The van der Waals surface area contributed by atoms with Crippen molar-refractivity contribution in [2.24, 2.45) is 0 Å². The first-order chi connectivity index (χ1) is 9.99. The molecule has 2 aromatic carbocycles. The number of nitro groups is 1. The van der Waals surface area contributed by atoms with Crippen molar-refractivity contribution in [1.82, 2.24) is 0 Å². The van der Waals surface area contributed by atoms with Crippen LogP contribution in [0.2, 0.25) is 0 Å². The van der Waals surface area contributed by atoms with Gasteiger partial charge in [-0.2, -0.15) is 0 Å². The van der Waals surface area contributed by atoms with Crippen molar-refractivity contribution in [2.45, 2.75) is 5.38 Å². The monoisotopic (exact) mass is 306 g/mol. The number of alkyl halides is 1. The Labute approximate surface area is 125 Å². The minimum absolute atomic E-state index is 0.0237. The number of halogens is 1. The van der Waals surface area contributed by atoms with E-state index in [0.717, 1.165) is 6.07 Å². The smallest absolute Gasteiger partial charge is 0.296 e. The maximum Gasteiger partial charge on any atom is 0.296 e. The number of aromatic hydroxyl groups is 1. The molecule has 2 rings (SSSR count). The number of nitro benzene ring substituents is 1. The van der Waals surface area contributed by atoms with Gasteiger partial charge in [0.15, 0.2) is 0 Å². The average molecular weight is 307 g/mol. The fourth-order valence-corrected chi connectivity index (χ4v) is 1.95. The Morgan fingerprint density at radius 3 is 2.52 bits per heavy atom. The predicted molar refractivity (Wildman–Crippen MR) is 78.4 cm³/mol. The molecule has 0 heterocycles. The van der Waals surface area contributed by atoms with Gasteiger partial charge in [0.1, 0.15) is 16.8 Å². The van der Waals surface area contributed by atoms with Gasteiger partial charge in [0.2, 0.25) is 5.91 Å². The number of anilines is 1. The van der Waals surface area contributed by atoms with E-state index >= 15 is 0 Å². The summed E-state index contributed by atoms with van der Waals surface area (Å²) in [4.78, 5) is 22.3. The third-order valence-corrected chi connectivity index (χ3v) is 3.21. The van der Waals surface area contributed by atoms with Crippen LogP contribution in [-0.2, 0) is 4.79 Å². The Morgan fingerprint density at radius 2 is 1.90 bits per heavy atom. The number of rotatable bonds is 4. The van der Waals surface area contributed by atoms with Crippen LogP contribution in [0.1, 0.15) is 10.9 Å². The van der Waals surface area contributed by atoms with E-state index in [1.165, 1.54) is 12.1 Å². The first-order valence-electron chi connectivity index (χ1n) is 5.96. The Hall–Kier alpha value is -2.60. The summed E-state index contributed by atoms with van der Waals surface area (Å²) in [5.41, 5.74) is 0.155. The molecule has 7 heteroatoms. The molecule has 0 radical (unpaired) electrons. The van der Waals surface area contributed by atoms with Crippen LogP contribution in [0.3, 0.4) is 0 Å². The van der Waals surface area contributed by atoms with E-state index < -0.39 is 21.9 Å². The molecule has 2 N–H and O–H groups in total. The second-order valence-electron chi connectivity index (χ2n) is 4.22. The lowest BCUT2D eigenvalue weighted by Crippen LogP contribution is -2.18. The Morgan fingerprint density at radius 1 is 1.24 bits per heavy atom. The van der Waals surface area contributed by atoms with Gasteiger partial charge in [0.25, 0.3) is 5.69 Å². The van der Waals surface area contributed by atoms with Gasteiger partial charge in [-0.15, -0.1) is 11.6 Å². The summed E-state index contributed by atoms with van der Waals surface area (Å²) < 4.78 is 0. The number of phenols is 1. The van der Waals surface area contributed by atoms with E-state index in [9.17, 15) is 20.0 Å². The van der Waals surface area contributed by atoms with Gasteiger partial charge < -0.3 is 10.4 Å². The highest BCUT2D eigenvalue weighted by atomic mass is 35.5. The fraction of sp³-hybridized carbons (Fsp3) is 0.0714. The van der Waals surface area contributed by atoms with Crippen molar-refractivity contribution in [3.05, 3.63) is 64.2 Å². The van der Waals surface area contributed by atoms with Crippen molar-refractivity contribution in [3.8, 4) is 5.75 Å². The van der Waals surface area contributed by atoms with Gasteiger partial charge in [0, 0.05) is 0 Å². The standard InChI is InChI=1S/C14H11ClN2O4/c15-13(9-4-2-1-3-5-9)14(19)16-11-7-6-10(18)8-12(11)17(20)21/h1-8,13,18H,(H,16,19). The van der Waals surface area contributed by atoms with E-state index in [1.807, 2.05) is 0 Å². The second kappa shape index (κ2) is 6.23. The molecule has 0 aliphatic carbocycles. The van der Waals surface area contributed by atoms with E-state index in [-0.39, 0.29) is 11.4 Å². The zero-order chi connectivity index (χ0) is 15.4. The zero-order valence-electron chi connectivity index (χ0n) is 10.7. The Bertz CT molecular complexity index is 676. The van der Waals surface area contributed by atoms with Crippen molar-refractivity contribution in [2.75, 3.05) is 5.32 Å². The number of hydrogen-bond acceptors (Lipinski definition) is 4. The molecule has 2 aromatic rings. The highest BCUT2D eigenvalue weighted by Crippen LogP contribution is 2.30. The first-order valence-corrected chi connectivity index (χ1v) is 6.40. The summed E-state index contributed by atoms with van der Waals surface area (Å²) in [6.45, 7) is 0. The average Bonchev–Trinajstić information content (AvgIpc) is 2.49. The molecule has 0 aromatic heterocycles. The third kappa shape index (κ3) is 3.49. The van der Waals surface area contributed by atoms with Crippen LogP contribution in [0.15, 0.2) is 48.5 Å². The Balaban J connectivity index is 2.22. The molecular weight excluding hydrogens is 296 g/mol. The number of carbonyl (C=O) groups is 1. The van der Waals surface area contributed by atoms with E-state index in [1.54, 1.807) is 30.3 Å². The number of carbonyl (C=O) groups excluding carboxylic acids is 1. The number of amides is 1. The Kier molecular flexibility index (Phi) is 4.39. The van der Waals surface area contributed by atoms with Crippen molar-refractivity contribution in [3.63, 3.8) is 0 Å². The molecule has 0 saturated heterocycles. The summed E-state index contributed by atoms with van der Waals surface area (Å²) in [7, 11) is 0. The summed E-state index contributed by atoms with van der Waals surface area (Å²) in [6.07, 6.45) is 0. The number of benzene rings is 2. The number of nitrogens with one attached hydrogen (secondary N) is 1. The van der Waals surface area contributed by atoms with Crippen LogP contribution in [0.5, 0.6) is 5.75 Å². The van der Waals surface area contributed by atoms with Gasteiger partial charge in [0.05, 0.1) is 11.0 Å². The molecule has 0 fully saturated rings. The maximum absolute atomic E-state index is 12.0. The van der Waals surface area contributed by atoms with Gasteiger partial charge in [-0.1, -0.05) is 30.3 Å². The van der Waals surface area contributed by atoms with Gasteiger partial charge in [-0.3, -0.25) is 14.9 Å². The highest BCUT2D eigenvalue weighted by Gasteiger charge is 2.22. The van der Waals surface area contributed by atoms with E-state index in [4.69, 9.17) is 11.6 Å². The minimum atomic E-state index is -0.973. The van der Waals surface area contributed by atoms with Crippen molar-refractivity contribution >= 4 is 28.9 Å². The molecule has 0 aliphatic rings. The van der Waals surface area contributed by atoms with Crippen LogP contribution in [-0.4, -0.2) is 15.9 Å². The van der Waals surface area contributed by atoms with Gasteiger partial charge in [-0.05, 0) is 17.7 Å². The molecular formula is C14H11ClN2O4. The van der Waals surface area contributed by atoms with Crippen LogP contribution < -0.4 is 5.32 Å². The van der Waals surface area contributed by atoms with E-state index in [2.05, 4.69) is 5.32 Å². The molecule has 6 nitrogen and oxygen atoms in total. The molecule has 0 spiro atoms. The normalized spacial score (nSPS) is 11.7. The molecule has 1 atom stereocenters. The first kappa shape index (κ1) is 14.8. The van der Waals surface area contributed by atoms with Gasteiger partial charge in [-0.25, -0.2) is 0 Å². The molecule has 1 unspecified atom stereocenters. The molecule has 0 saturated carbocycles. The minimum Gasteiger partial charge on any atom is -0.508 e. The SMILES string of the molecule is O=C(Nc1ccc(O)cc1[N+](=O)[O-])C(Cl)c1ccccc1. The predicted octanol–water partition coefficient (Wildman–Crippen LogP) is 3.22. The van der Waals surface area contributed by atoms with Crippen LogP contribution in [0.4, 0.5) is 11.4 Å². The lowest BCUT2D eigenvalue weighted by atomic mass is 10.1. The van der Waals surface area contributed by atoms with Crippen LogP contribution >= 0.6 is 11.6 Å². The molecule has 0 aliphatic heterocycles. The lowest BCUT2D eigenvalue weighted by molar-refractivity contribution is -0.384. The topological polar surface area (TPSA) is 92.5 Å². The summed E-state index contributed by atoms with van der Waals surface area (Å²) in [5, 5.41) is 21.6. The quantitative estimate of drug-likeness (QED) is 0.392. The largest absolute Gasteiger partial charge is 0.508 e. The van der Waals surface area contributed by atoms with E-state index in [0.29, 0.717) is 5.56 Å². The number of hydrogen-bond donors (Lipinski definition) is 2. The zero-order valence-corrected chi connectivity index (χ0v) is 11.4. The summed E-state index contributed by atoms with van der Waals surface area (Å²) in [6, 6.07) is 12.1. The molecule has 21 heavy (non-hydrogen) atoms. The fourth-order valence-electron chi connectivity index (χ4n) is 1.75. The van der Waals surface area contributed by atoms with Crippen LogP contribution in [0.25, 0.3) is 0 Å². The number of nitrogens with zero attached hydrogens (tertiary/aromatic N) is 1. The van der Waals surface area contributed by atoms with Crippen molar-refractivity contribution in [1.29, 1.82) is 0 Å². The lowest BCUT2D eigenvalue weighted by Gasteiger charge is -2.11. The van der Waals surface area contributed by atoms with Crippen molar-refractivity contribution < 1.29 is 14.8 Å².